The molecule has 7 nitrogen and oxygen atoms in total. The molecule has 0 aliphatic carbocycles. The smallest absolute Gasteiger partial charge is 0.336 e. The second kappa shape index (κ2) is 8.26. The number of anilines is 1. The Kier molecular flexibility index (Phi) is 5.77. The topological polar surface area (TPSA) is 88.6 Å². The molecule has 0 atom stereocenters. The number of nitrogens with zero attached hydrogens (tertiary/aromatic N) is 2. The normalized spacial score (nSPS) is 15.8. The first-order valence-electron chi connectivity index (χ1n) is 9.42. The van der Waals surface area contributed by atoms with E-state index in [0.29, 0.717) is 12.3 Å². The molecule has 1 N–H and O–H groups in total. The standard InChI is InChI=1S/C22H23N3O4/c1-5-29-19-9-14(4)15(10-17(19)13(2)3)11-18-20(26)24-22(28)25(21(18)27)16-7-6-8-23-12-16/h6-13H,5H2,1-4H3,(H,24,26,28)/b18-11+. The zero-order valence-corrected chi connectivity index (χ0v) is 16.9. The number of hydrogen-bond donors (Lipinski definition) is 1. The summed E-state index contributed by atoms with van der Waals surface area (Å²) in [6.07, 6.45) is 4.45. The van der Waals surface area contributed by atoms with Gasteiger partial charge in [-0.1, -0.05) is 13.8 Å². The Morgan fingerprint density at radius 1 is 1.24 bits per heavy atom. The van der Waals surface area contributed by atoms with Crippen molar-refractivity contribution in [2.45, 2.75) is 33.6 Å². The number of imide groups is 2. The van der Waals surface area contributed by atoms with Gasteiger partial charge in [-0.3, -0.25) is 19.9 Å². The predicted molar refractivity (Wildman–Crippen MR) is 110 cm³/mol. The number of rotatable bonds is 5. The molecule has 0 unspecified atom stereocenters. The van der Waals surface area contributed by atoms with Gasteiger partial charge in [-0.05, 0) is 66.8 Å². The Bertz CT molecular complexity index is 997. The molecule has 4 amide bonds. The number of benzene rings is 1. The van der Waals surface area contributed by atoms with Crippen LogP contribution in [0.4, 0.5) is 10.5 Å². The monoisotopic (exact) mass is 393 g/mol. The Hall–Kier alpha value is -3.48. The van der Waals surface area contributed by atoms with Gasteiger partial charge in [0.25, 0.3) is 11.8 Å². The first kappa shape index (κ1) is 20.3. The molecule has 0 saturated carbocycles. The molecular weight excluding hydrogens is 370 g/mol. The molecule has 1 aliphatic heterocycles. The van der Waals surface area contributed by atoms with Gasteiger partial charge in [0.1, 0.15) is 11.3 Å². The lowest BCUT2D eigenvalue weighted by Crippen LogP contribution is -2.54. The predicted octanol–water partition coefficient (Wildman–Crippen LogP) is 3.58. The lowest BCUT2D eigenvalue weighted by atomic mass is 9.95. The van der Waals surface area contributed by atoms with Crippen molar-refractivity contribution < 1.29 is 19.1 Å². The van der Waals surface area contributed by atoms with Crippen molar-refractivity contribution in [3.8, 4) is 5.75 Å². The molecule has 1 fully saturated rings. The highest BCUT2D eigenvalue weighted by Crippen LogP contribution is 2.31. The van der Waals surface area contributed by atoms with Crippen LogP contribution >= 0.6 is 0 Å². The molecule has 150 valence electrons. The minimum atomic E-state index is -0.795. The number of pyridine rings is 1. The number of hydrogen-bond acceptors (Lipinski definition) is 5. The zero-order valence-electron chi connectivity index (χ0n) is 16.9. The number of amides is 4. The van der Waals surface area contributed by atoms with E-state index < -0.39 is 17.8 Å². The van der Waals surface area contributed by atoms with Crippen LogP contribution in [0.25, 0.3) is 6.08 Å². The van der Waals surface area contributed by atoms with Crippen LogP contribution in [0.3, 0.4) is 0 Å². The third-order valence-electron chi connectivity index (χ3n) is 4.63. The fourth-order valence-electron chi connectivity index (χ4n) is 3.14. The summed E-state index contributed by atoms with van der Waals surface area (Å²) in [6, 6.07) is 6.22. The molecule has 2 aromatic rings. The van der Waals surface area contributed by atoms with Crippen molar-refractivity contribution in [3.63, 3.8) is 0 Å². The summed E-state index contributed by atoms with van der Waals surface area (Å²) >= 11 is 0. The van der Waals surface area contributed by atoms with Gasteiger partial charge in [0, 0.05) is 6.20 Å². The second-order valence-corrected chi connectivity index (χ2v) is 7.00. The summed E-state index contributed by atoms with van der Waals surface area (Å²) in [5.41, 5.74) is 2.73. The van der Waals surface area contributed by atoms with Crippen LogP contribution in [0.2, 0.25) is 0 Å². The summed E-state index contributed by atoms with van der Waals surface area (Å²) in [7, 11) is 0. The molecule has 3 rings (SSSR count). The number of barbiturate groups is 1. The summed E-state index contributed by atoms with van der Waals surface area (Å²) in [4.78, 5) is 42.5. The van der Waals surface area contributed by atoms with Crippen molar-refractivity contribution >= 4 is 29.6 Å². The average Bonchev–Trinajstić information content (AvgIpc) is 2.67. The van der Waals surface area contributed by atoms with Gasteiger partial charge >= 0.3 is 6.03 Å². The third-order valence-corrected chi connectivity index (χ3v) is 4.63. The first-order valence-corrected chi connectivity index (χ1v) is 9.42. The van der Waals surface area contributed by atoms with Crippen LogP contribution in [0, 0.1) is 6.92 Å². The SMILES string of the molecule is CCOc1cc(C)c(/C=C2\C(=O)NC(=O)N(c3cccnc3)C2=O)cc1C(C)C. The summed E-state index contributed by atoms with van der Waals surface area (Å²) < 4.78 is 5.73. The van der Waals surface area contributed by atoms with Crippen molar-refractivity contribution in [2.75, 3.05) is 11.5 Å². The van der Waals surface area contributed by atoms with Gasteiger partial charge in [-0.2, -0.15) is 0 Å². The minimum absolute atomic E-state index is 0.115. The maximum atomic E-state index is 13.0. The van der Waals surface area contributed by atoms with Crippen molar-refractivity contribution in [3.05, 3.63) is 58.9 Å². The lowest BCUT2D eigenvalue weighted by molar-refractivity contribution is -0.122. The van der Waals surface area contributed by atoms with E-state index in [1.165, 1.54) is 18.5 Å². The van der Waals surface area contributed by atoms with Crippen LogP contribution < -0.4 is 15.0 Å². The van der Waals surface area contributed by atoms with E-state index in [9.17, 15) is 14.4 Å². The number of ether oxygens (including phenoxy) is 1. The van der Waals surface area contributed by atoms with Gasteiger partial charge in [-0.15, -0.1) is 0 Å². The average molecular weight is 393 g/mol. The molecule has 1 aromatic carbocycles. The van der Waals surface area contributed by atoms with Crippen LogP contribution in [-0.4, -0.2) is 29.4 Å². The quantitative estimate of drug-likeness (QED) is 0.620. The molecule has 0 spiro atoms. The Balaban J connectivity index is 2.06. The van der Waals surface area contributed by atoms with E-state index in [0.717, 1.165) is 27.3 Å². The van der Waals surface area contributed by atoms with Crippen LogP contribution in [0.15, 0.2) is 42.2 Å². The van der Waals surface area contributed by atoms with Crippen molar-refractivity contribution in [1.29, 1.82) is 0 Å². The highest BCUT2D eigenvalue weighted by Gasteiger charge is 2.37. The molecule has 1 aliphatic rings. The molecule has 2 heterocycles. The third kappa shape index (κ3) is 4.03. The van der Waals surface area contributed by atoms with E-state index >= 15 is 0 Å². The van der Waals surface area contributed by atoms with E-state index in [2.05, 4.69) is 10.3 Å². The van der Waals surface area contributed by atoms with Gasteiger partial charge < -0.3 is 4.74 Å². The number of carbonyl (C=O) groups excluding carboxylic acids is 3. The highest BCUT2D eigenvalue weighted by molar-refractivity contribution is 6.39. The van der Waals surface area contributed by atoms with Crippen LogP contribution in [0.5, 0.6) is 5.75 Å². The summed E-state index contributed by atoms with van der Waals surface area (Å²) in [6.45, 7) is 8.44. The molecular formula is C22H23N3O4. The molecule has 1 saturated heterocycles. The van der Waals surface area contributed by atoms with E-state index in [1.54, 1.807) is 12.1 Å². The summed E-state index contributed by atoms with van der Waals surface area (Å²) in [5, 5.41) is 2.22. The maximum Gasteiger partial charge on any atom is 0.336 e. The van der Waals surface area contributed by atoms with Crippen molar-refractivity contribution in [2.24, 2.45) is 0 Å². The Morgan fingerprint density at radius 3 is 2.62 bits per heavy atom. The van der Waals surface area contributed by atoms with Gasteiger partial charge in [0.15, 0.2) is 0 Å². The van der Waals surface area contributed by atoms with Gasteiger partial charge in [-0.25, -0.2) is 9.69 Å². The molecule has 29 heavy (non-hydrogen) atoms. The molecule has 1 aromatic heterocycles. The number of carbonyl (C=O) groups is 3. The first-order chi connectivity index (χ1) is 13.8. The Labute approximate surface area is 169 Å². The summed E-state index contributed by atoms with van der Waals surface area (Å²) in [5.74, 6) is -0.432. The van der Waals surface area contributed by atoms with E-state index in [1.807, 2.05) is 39.8 Å². The van der Waals surface area contributed by atoms with E-state index in [4.69, 9.17) is 4.74 Å². The number of nitrogens with one attached hydrogen (secondary N) is 1. The maximum absolute atomic E-state index is 13.0. The zero-order chi connectivity index (χ0) is 21.1. The number of aryl methyl sites for hydroxylation is 1. The lowest BCUT2D eigenvalue weighted by Gasteiger charge is -2.26. The van der Waals surface area contributed by atoms with Gasteiger partial charge in [0.2, 0.25) is 0 Å². The fraction of sp³-hybridized carbons (Fsp3) is 0.273. The molecule has 7 heteroatoms. The number of aromatic nitrogens is 1. The van der Waals surface area contributed by atoms with Crippen molar-refractivity contribution in [1.82, 2.24) is 10.3 Å². The molecule has 0 bridgehead atoms. The van der Waals surface area contributed by atoms with Gasteiger partial charge in [0.05, 0.1) is 18.5 Å². The largest absolute Gasteiger partial charge is 0.494 e. The van der Waals surface area contributed by atoms with E-state index in [-0.39, 0.29) is 11.5 Å². The Morgan fingerprint density at radius 2 is 2.00 bits per heavy atom. The molecule has 0 radical (unpaired) electrons. The van der Waals surface area contributed by atoms with Crippen LogP contribution in [0.1, 0.15) is 43.4 Å². The fourth-order valence-corrected chi connectivity index (χ4v) is 3.14. The van der Waals surface area contributed by atoms with Crippen LogP contribution in [-0.2, 0) is 9.59 Å². The number of urea groups is 1. The second-order valence-electron chi connectivity index (χ2n) is 7.00. The highest BCUT2D eigenvalue weighted by atomic mass is 16.5. The minimum Gasteiger partial charge on any atom is -0.494 e.